The van der Waals surface area contributed by atoms with Crippen LogP contribution in [-0.2, 0) is 25.7 Å². The molecule has 0 fully saturated rings. The van der Waals surface area contributed by atoms with Gasteiger partial charge in [-0.05, 0) is 47.9 Å². The minimum atomic E-state index is 1.12. The van der Waals surface area contributed by atoms with Gasteiger partial charge in [-0.2, -0.15) is 0 Å². The van der Waals surface area contributed by atoms with Gasteiger partial charge >= 0.3 is 0 Å². The minimum Gasteiger partial charge on any atom is -0.0616 e. The lowest BCUT2D eigenvalue weighted by molar-refractivity contribution is 0.938. The monoisotopic (exact) mass is 286 g/mol. The fraction of sp³-hybridized carbons (Fsp3) is 0.250. The van der Waals surface area contributed by atoms with Crippen LogP contribution in [-0.4, -0.2) is 0 Å². The summed E-state index contributed by atoms with van der Waals surface area (Å²) in [7, 11) is 0. The lowest BCUT2D eigenvalue weighted by Crippen LogP contribution is -1.95. The summed E-state index contributed by atoms with van der Waals surface area (Å²) < 4.78 is 1.32. The van der Waals surface area contributed by atoms with Crippen LogP contribution in [0.2, 0.25) is 0 Å². The second kappa shape index (κ2) is 4.66. The molecule has 2 aromatic carbocycles. The van der Waals surface area contributed by atoms with E-state index >= 15 is 0 Å². The highest BCUT2D eigenvalue weighted by Gasteiger charge is 2.08. The van der Waals surface area contributed by atoms with Crippen LogP contribution in [0.1, 0.15) is 22.3 Å². The number of hydrogen-bond acceptors (Lipinski definition) is 0. The van der Waals surface area contributed by atoms with Crippen LogP contribution < -0.4 is 0 Å². The average molecular weight is 287 g/mol. The van der Waals surface area contributed by atoms with Gasteiger partial charge in [0.1, 0.15) is 0 Å². The molecule has 0 N–H and O–H groups in total. The van der Waals surface area contributed by atoms with Crippen molar-refractivity contribution in [2.45, 2.75) is 25.7 Å². The van der Waals surface area contributed by atoms with Crippen molar-refractivity contribution in [1.82, 2.24) is 0 Å². The van der Waals surface area contributed by atoms with E-state index < -0.39 is 0 Å². The molecule has 2 aromatic rings. The zero-order valence-electron chi connectivity index (χ0n) is 9.75. The Labute approximate surface area is 111 Å². The van der Waals surface area contributed by atoms with E-state index in [2.05, 4.69) is 58.4 Å². The molecule has 0 amide bonds. The molecule has 1 heteroatoms. The number of halogens is 1. The maximum Gasteiger partial charge on any atom is 0.0239 e. The molecule has 0 spiro atoms. The zero-order chi connectivity index (χ0) is 11.7. The largest absolute Gasteiger partial charge is 0.0616 e. The molecular weight excluding hydrogens is 272 g/mol. The molecule has 0 radical (unpaired) electrons. The van der Waals surface area contributed by atoms with Crippen LogP contribution in [0.5, 0.6) is 0 Å². The van der Waals surface area contributed by atoms with Crippen molar-refractivity contribution >= 4 is 15.9 Å². The normalized spacial score (nSPS) is 14.4. The van der Waals surface area contributed by atoms with Crippen molar-refractivity contribution in [1.29, 1.82) is 0 Å². The third-order valence-electron chi connectivity index (χ3n) is 3.55. The predicted molar refractivity (Wildman–Crippen MR) is 75.4 cm³/mol. The van der Waals surface area contributed by atoms with Gasteiger partial charge in [0.05, 0.1) is 0 Å². The molecule has 2 aliphatic carbocycles. The maximum atomic E-state index is 3.76. The highest BCUT2D eigenvalue weighted by atomic mass is 79.9. The summed E-state index contributed by atoms with van der Waals surface area (Å²) in [6.45, 7) is 0. The van der Waals surface area contributed by atoms with Crippen molar-refractivity contribution in [3.8, 4) is 0 Å². The molecule has 0 saturated heterocycles. The van der Waals surface area contributed by atoms with Gasteiger partial charge in [0, 0.05) is 4.47 Å². The summed E-state index contributed by atoms with van der Waals surface area (Å²) in [5.74, 6) is 0. The van der Waals surface area contributed by atoms with Crippen molar-refractivity contribution in [2.24, 2.45) is 0 Å². The van der Waals surface area contributed by atoms with Gasteiger partial charge < -0.3 is 0 Å². The van der Waals surface area contributed by atoms with E-state index in [1.54, 1.807) is 0 Å². The molecule has 0 unspecified atom stereocenters. The molecule has 0 aromatic heterocycles. The van der Waals surface area contributed by atoms with Crippen LogP contribution in [0.15, 0.2) is 46.9 Å². The van der Waals surface area contributed by atoms with Gasteiger partial charge in [-0.3, -0.25) is 0 Å². The quantitative estimate of drug-likeness (QED) is 0.676. The first-order chi connectivity index (χ1) is 8.33. The van der Waals surface area contributed by atoms with Crippen LogP contribution in [0.25, 0.3) is 0 Å². The van der Waals surface area contributed by atoms with Gasteiger partial charge in [-0.1, -0.05) is 58.4 Å². The first-order valence-electron chi connectivity index (χ1n) is 6.17. The van der Waals surface area contributed by atoms with Gasteiger partial charge in [0.15, 0.2) is 0 Å². The molecule has 0 nitrogen and oxygen atoms in total. The van der Waals surface area contributed by atoms with E-state index in [0.29, 0.717) is 0 Å². The van der Waals surface area contributed by atoms with Crippen LogP contribution >= 0.6 is 15.9 Å². The first kappa shape index (κ1) is 11.0. The van der Waals surface area contributed by atoms with E-state index in [4.69, 9.17) is 0 Å². The summed E-state index contributed by atoms with van der Waals surface area (Å²) in [6, 6.07) is 15.8. The second-order valence-corrected chi connectivity index (χ2v) is 5.50. The maximum absolute atomic E-state index is 3.76. The molecule has 0 aliphatic heterocycles. The summed E-state index contributed by atoms with van der Waals surface area (Å²) in [6.07, 6.45) is 4.49. The van der Waals surface area contributed by atoms with Crippen molar-refractivity contribution < 1.29 is 0 Å². The fourth-order valence-electron chi connectivity index (χ4n) is 2.45. The van der Waals surface area contributed by atoms with Crippen LogP contribution in [0.3, 0.4) is 0 Å². The van der Waals surface area contributed by atoms with Gasteiger partial charge in [0.25, 0.3) is 0 Å². The molecule has 86 valence electrons. The third-order valence-corrected chi connectivity index (χ3v) is 4.57. The SMILES string of the molecule is Brc1c2cccc1CCc1ccc(cc1)CC2. The topological polar surface area (TPSA) is 0 Å². The van der Waals surface area contributed by atoms with Crippen LogP contribution in [0, 0.1) is 0 Å². The standard InChI is InChI=1S/C16H15Br/c17-16-14-2-1-3-15(16)11-9-13-6-4-12(5-7-13)8-10-14/h1-7H,8-11H2. The highest BCUT2D eigenvalue weighted by Crippen LogP contribution is 2.25. The first-order valence-corrected chi connectivity index (χ1v) is 6.96. The number of aryl methyl sites for hydroxylation is 4. The molecule has 0 atom stereocenters. The smallest absolute Gasteiger partial charge is 0.0239 e. The fourth-order valence-corrected chi connectivity index (χ4v) is 3.11. The van der Waals surface area contributed by atoms with E-state index in [0.717, 1.165) is 25.7 Å². The van der Waals surface area contributed by atoms with Gasteiger partial charge in [0.2, 0.25) is 0 Å². The molecule has 4 bridgehead atoms. The second-order valence-electron chi connectivity index (χ2n) is 4.71. The Kier molecular flexibility index (Phi) is 3.02. The van der Waals surface area contributed by atoms with E-state index in [1.165, 1.54) is 26.7 Å². The molecule has 0 saturated carbocycles. The van der Waals surface area contributed by atoms with Gasteiger partial charge in [-0.25, -0.2) is 0 Å². The number of rotatable bonds is 0. The molecule has 2 aliphatic rings. The third kappa shape index (κ3) is 2.30. The van der Waals surface area contributed by atoms with Crippen molar-refractivity contribution in [3.05, 3.63) is 69.2 Å². The number of fused-ring (bicyclic) bond motifs is 4. The number of benzene rings is 2. The Hall–Kier alpha value is -1.08. The van der Waals surface area contributed by atoms with Crippen LogP contribution in [0.4, 0.5) is 0 Å². The Morgan fingerprint density at radius 1 is 0.647 bits per heavy atom. The van der Waals surface area contributed by atoms with Gasteiger partial charge in [-0.15, -0.1) is 0 Å². The Balaban J connectivity index is 2.04. The Bertz CT molecular complexity index is 480. The summed E-state index contributed by atoms with van der Waals surface area (Å²) >= 11 is 3.76. The summed E-state index contributed by atoms with van der Waals surface area (Å²) in [5.41, 5.74) is 5.75. The van der Waals surface area contributed by atoms with Crippen molar-refractivity contribution in [3.63, 3.8) is 0 Å². The Morgan fingerprint density at radius 2 is 1.12 bits per heavy atom. The molecular formula is C16H15Br. The summed E-state index contributed by atoms with van der Waals surface area (Å²) in [4.78, 5) is 0. The Morgan fingerprint density at radius 3 is 1.59 bits per heavy atom. The highest BCUT2D eigenvalue weighted by molar-refractivity contribution is 9.10. The average Bonchev–Trinajstić information content (AvgIpc) is 2.39. The van der Waals surface area contributed by atoms with E-state index in [-0.39, 0.29) is 0 Å². The summed E-state index contributed by atoms with van der Waals surface area (Å²) in [5, 5.41) is 0. The minimum absolute atomic E-state index is 1.12. The molecule has 17 heavy (non-hydrogen) atoms. The lowest BCUT2D eigenvalue weighted by Gasteiger charge is -2.08. The predicted octanol–water partition coefficient (Wildman–Crippen LogP) is 4.33. The van der Waals surface area contributed by atoms with Crippen molar-refractivity contribution in [2.75, 3.05) is 0 Å². The molecule has 4 rings (SSSR count). The zero-order valence-corrected chi connectivity index (χ0v) is 11.3. The van der Waals surface area contributed by atoms with E-state index in [9.17, 15) is 0 Å². The molecule has 0 heterocycles. The van der Waals surface area contributed by atoms with E-state index in [1.807, 2.05) is 0 Å². The lowest BCUT2D eigenvalue weighted by atomic mass is 10.0. The number of hydrogen-bond donors (Lipinski definition) is 0.